The van der Waals surface area contributed by atoms with Crippen LogP contribution in [0.15, 0.2) is 4.99 Å². The monoisotopic (exact) mass is 363 g/mol. The zero-order valence-corrected chi connectivity index (χ0v) is 16.8. The number of nitrogens with zero attached hydrogens (tertiary/aromatic N) is 1. The lowest BCUT2D eigenvalue weighted by molar-refractivity contribution is 0.419. The minimum atomic E-state index is -3.10. The van der Waals surface area contributed by atoms with Crippen LogP contribution in [0, 0.1) is 0 Å². The summed E-state index contributed by atoms with van der Waals surface area (Å²) in [5.74, 6) is 1.99. The molecule has 0 spiro atoms. The van der Waals surface area contributed by atoms with Crippen molar-refractivity contribution in [2.75, 3.05) is 25.1 Å². The lowest BCUT2D eigenvalue weighted by Crippen LogP contribution is -2.47. The van der Waals surface area contributed by atoms with Gasteiger partial charge in [-0.05, 0) is 45.8 Å². The maximum absolute atomic E-state index is 12.1. The Labute approximate surface area is 146 Å². The molecule has 0 aliphatic heterocycles. The van der Waals surface area contributed by atoms with Gasteiger partial charge in [0.05, 0.1) is 10.5 Å². The van der Waals surface area contributed by atoms with Gasteiger partial charge in [0, 0.05) is 24.9 Å². The average molecular weight is 364 g/mol. The Bertz CT molecular complexity index is 482. The average Bonchev–Trinajstić information content (AvgIpc) is 2.45. The second-order valence-corrected chi connectivity index (χ2v) is 11.5. The smallest absolute Gasteiger partial charge is 0.191 e. The first-order valence-electron chi connectivity index (χ1n) is 8.50. The summed E-state index contributed by atoms with van der Waals surface area (Å²) in [7, 11) is -1.37. The molecule has 0 saturated heterocycles. The van der Waals surface area contributed by atoms with Crippen molar-refractivity contribution in [1.29, 1.82) is 0 Å². The van der Waals surface area contributed by atoms with E-state index in [-0.39, 0.29) is 5.75 Å². The van der Waals surface area contributed by atoms with Crippen molar-refractivity contribution < 1.29 is 8.42 Å². The molecule has 1 aliphatic rings. The molecule has 7 heteroatoms. The van der Waals surface area contributed by atoms with Gasteiger partial charge in [0.2, 0.25) is 0 Å². The van der Waals surface area contributed by atoms with Crippen molar-refractivity contribution in [3.8, 4) is 0 Å². The van der Waals surface area contributed by atoms with Gasteiger partial charge in [-0.3, -0.25) is 4.99 Å². The van der Waals surface area contributed by atoms with Crippen LogP contribution in [0.2, 0.25) is 0 Å². The Kier molecular flexibility index (Phi) is 8.21. The first-order chi connectivity index (χ1) is 10.7. The molecular formula is C16H33N3O2S2. The van der Waals surface area contributed by atoms with Crippen LogP contribution in [-0.2, 0) is 9.84 Å². The molecule has 0 radical (unpaired) electrons. The molecule has 0 aromatic heterocycles. The highest BCUT2D eigenvalue weighted by atomic mass is 32.2. The minimum Gasteiger partial charge on any atom is -0.355 e. The van der Waals surface area contributed by atoms with E-state index in [2.05, 4.69) is 22.5 Å². The summed E-state index contributed by atoms with van der Waals surface area (Å²) in [6.45, 7) is 7.81. The van der Waals surface area contributed by atoms with Crippen LogP contribution in [0.25, 0.3) is 0 Å². The molecule has 1 saturated carbocycles. The first-order valence-corrected chi connectivity index (χ1v) is 11.2. The molecule has 5 nitrogen and oxygen atoms in total. The predicted octanol–water partition coefficient (Wildman–Crippen LogP) is 2.43. The van der Waals surface area contributed by atoms with Gasteiger partial charge in [0.1, 0.15) is 0 Å². The van der Waals surface area contributed by atoms with Crippen molar-refractivity contribution >= 4 is 27.6 Å². The van der Waals surface area contributed by atoms with Gasteiger partial charge in [0.25, 0.3) is 0 Å². The maximum Gasteiger partial charge on any atom is 0.191 e. The highest BCUT2D eigenvalue weighted by molar-refractivity contribution is 7.99. The molecule has 2 unspecified atom stereocenters. The van der Waals surface area contributed by atoms with Crippen LogP contribution in [-0.4, -0.2) is 55.5 Å². The van der Waals surface area contributed by atoms with Crippen LogP contribution in [0.1, 0.15) is 53.4 Å². The SMILES string of the molecule is CCSC1CCCC(NC(=NC)NCCS(=O)(=O)C(C)(C)C)C1. The summed E-state index contributed by atoms with van der Waals surface area (Å²) in [4.78, 5) is 4.23. The fourth-order valence-corrected chi connectivity index (χ4v) is 4.82. The molecule has 0 amide bonds. The van der Waals surface area contributed by atoms with Gasteiger partial charge < -0.3 is 10.6 Å². The molecule has 2 N–H and O–H groups in total. The number of nitrogens with one attached hydrogen (secondary N) is 2. The second-order valence-electron chi connectivity index (χ2n) is 7.02. The third kappa shape index (κ3) is 6.91. The Morgan fingerprint density at radius 2 is 2.00 bits per heavy atom. The molecular weight excluding hydrogens is 330 g/mol. The predicted molar refractivity (Wildman–Crippen MR) is 102 cm³/mol. The largest absolute Gasteiger partial charge is 0.355 e. The molecule has 0 aromatic rings. The third-order valence-corrected chi connectivity index (χ3v) is 8.03. The van der Waals surface area contributed by atoms with Gasteiger partial charge in [0.15, 0.2) is 15.8 Å². The standard InChI is InChI=1S/C16H33N3O2S2/c1-6-22-14-9-7-8-13(12-14)19-15(17-5)18-10-11-23(20,21)16(2,3)4/h13-14H,6-12H2,1-5H3,(H2,17,18,19). The maximum atomic E-state index is 12.1. The second kappa shape index (κ2) is 9.16. The Hall–Kier alpha value is -0.430. The molecule has 0 heterocycles. The summed E-state index contributed by atoms with van der Waals surface area (Å²) >= 11 is 2.04. The fraction of sp³-hybridized carbons (Fsp3) is 0.938. The van der Waals surface area contributed by atoms with Crippen LogP contribution in [0.3, 0.4) is 0 Å². The lowest BCUT2D eigenvalue weighted by Gasteiger charge is -2.30. The van der Waals surface area contributed by atoms with Crippen molar-refractivity contribution in [3.63, 3.8) is 0 Å². The Balaban J connectivity index is 2.43. The van der Waals surface area contributed by atoms with Crippen molar-refractivity contribution in [2.45, 2.75) is 69.4 Å². The molecule has 0 aromatic carbocycles. The number of guanidine groups is 1. The van der Waals surface area contributed by atoms with E-state index in [1.54, 1.807) is 27.8 Å². The molecule has 136 valence electrons. The van der Waals surface area contributed by atoms with Crippen molar-refractivity contribution in [2.24, 2.45) is 4.99 Å². The number of sulfone groups is 1. The van der Waals surface area contributed by atoms with Crippen LogP contribution in [0.5, 0.6) is 0 Å². The van der Waals surface area contributed by atoms with Gasteiger partial charge in [-0.25, -0.2) is 8.42 Å². The van der Waals surface area contributed by atoms with Gasteiger partial charge in [-0.1, -0.05) is 13.3 Å². The molecule has 1 aliphatic carbocycles. The molecule has 23 heavy (non-hydrogen) atoms. The van der Waals surface area contributed by atoms with E-state index in [0.717, 1.165) is 23.8 Å². The quantitative estimate of drug-likeness (QED) is 0.560. The fourth-order valence-electron chi connectivity index (χ4n) is 2.66. The van der Waals surface area contributed by atoms with E-state index in [1.165, 1.54) is 12.8 Å². The van der Waals surface area contributed by atoms with E-state index in [1.807, 2.05) is 11.8 Å². The first kappa shape index (κ1) is 20.6. The highest BCUT2D eigenvalue weighted by Gasteiger charge is 2.28. The van der Waals surface area contributed by atoms with Gasteiger partial charge in [-0.2, -0.15) is 11.8 Å². The molecule has 1 rings (SSSR count). The molecule has 0 bridgehead atoms. The van der Waals surface area contributed by atoms with Crippen molar-refractivity contribution in [3.05, 3.63) is 0 Å². The van der Waals surface area contributed by atoms with E-state index in [9.17, 15) is 8.42 Å². The summed E-state index contributed by atoms with van der Waals surface area (Å²) in [5, 5.41) is 7.32. The number of rotatable bonds is 6. The summed E-state index contributed by atoms with van der Waals surface area (Å²) in [6, 6.07) is 0.429. The number of aliphatic imine (C=N–C) groups is 1. The van der Waals surface area contributed by atoms with Crippen LogP contribution >= 0.6 is 11.8 Å². The normalized spacial score (nSPS) is 23.6. The van der Waals surface area contributed by atoms with Crippen LogP contribution < -0.4 is 10.6 Å². The summed E-state index contributed by atoms with van der Waals surface area (Å²) < 4.78 is 23.5. The van der Waals surface area contributed by atoms with E-state index in [0.29, 0.717) is 18.5 Å². The zero-order chi connectivity index (χ0) is 17.5. The topological polar surface area (TPSA) is 70.6 Å². The lowest BCUT2D eigenvalue weighted by atomic mass is 9.95. The van der Waals surface area contributed by atoms with Crippen molar-refractivity contribution in [1.82, 2.24) is 10.6 Å². The van der Waals surface area contributed by atoms with E-state index >= 15 is 0 Å². The summed E-state index contributed by atoms with van der Waals surface area (Å²) in [6.07, 6.45) is 4.85. The zero-order valence-electron chi connectivity index (χ0n) is 15.2. The van der Waals surface area contributed by atoms with Gasteiger partial charge in [-0.15, -0.1) is 0 Å². The molecule has 2 atom stereocenters. The minimum absolute atomic E-state index is 0.121. The van der Waals surface area contributed by atoms with E-state index < -0.39 is 14.6 Å². The molecule has 1 fully saturated rings. The van der Waals surface area contributed by atoms with E-state index in [4.69, 9.17) is 0 Å². The number of hydrogen-bond donors (Lipinski definition) is 2. The number of thioether (sulfide) groups is 1. The number of hydrogen-bond acceptors (Lipinski definition) is 4. The van der Waals surface area contributed by atoms with Gasteiger partial charge >= 0.3 is 0 Å². The summed E-state index contributed by atoms with van der Waals surface area (Å²) in [5.41, 5.74) is 0. The Morgan fingerprint density at radius 3 is 2.57 bits per heavy atom. The highest BCUT2D eigenvalue weighted by Crippen LogP contribution is 2.28. The third-order valence-electron chi connectivity index (χ3n) is 4.19. The Morgan fingerprint density at radius 1 is 1.30 bits per heavy atom. The van der Waals surface area contributed by atoms with Crippen LogP contribution in [0.4, 0.5) is 0 Å².